The van der Waals surface area contributed by atoms with Gasteiger partial charge in [0.05, 0.1) is 17.9 Å². The molecule has 1 atom stereocenters. The zero-order chi connectivity index (χ0) is 14.7. The van der Waals surface area contributed by atoms with Crippen LogP contribution in [0, 0.1) is 0 Å². The van der Waals surface area contributed by atoms with Crippen LogP contribution in [-0.2, 0) is 4.79 Å². The van der Waals surface area contributed by atoms with Crippen molar-refractivity contribution in [3.63, 3.8) is 0 Å². The molecular formula is C16H16N2O2S. The molecule has 2 N–H and O–H groups in total. The van der Waals surface area contributed by atoms with Crippen LogP contribution in [0.5, 0.6) is 5.75 Å². The molecule has 21 heavy (non-hydrogen) atoms. The first-order valence-electron chi connectivity index (χ1n) is 6.71. The summed E-state index contributed by atoms with van der Waals surface area (Å²) >= 11 is 1.60. The van der Waals surface area contributed by atoms with Crippen LogP contribution < -0.4 is 15.4 Å². The number of benzene rings is 2. The van der Waals surface area contributed by atoms with Crippen LogP contribution in [0.3, 0.4) is 0 Å². The van der Waals surface area contributed by atoms with Gasteiger partial charge in [0, 0.05) is 4.90 Å². The van der Waals surface area contributed by atoms with E-state index in [0.717, 1.165) is 16.3 Å². The third-order valence-electron chi connectivity index (χ3n) is 3.29. The number of nitrogens with one attached hydrogen (secondary N) is 2. The average molecular weight is 300 g/mol. The van der Waals surface area contributed by atoms with E-state index in [1.54, 1.807) is 11.8 Å². The van der Waals surface area contributed by atoms with Crippen LogP contribution >= 0.6 is 11.8 Å². The monoisotopic (exact) mass is 300 g/mol. The van der Waals surface area contributed by atoms with Gasteiger partial charge in [-0.15, -0.1) is 11.8 Å². The first-order chi connectivity index (χ1) is 10.3. The number of hydrogen-bond acceptors (Lipinski definition) is 4. The molecule has 5 heteroatoms. The van der Waals surface area contributed by atoms with Gasteiger partial charge in [-0.25, -0.2) is 0 Å². The molecular weight excluding hydrogens is 284 g/mol. The largest absolute Gasteiger partial charge is 0.477 e. The van der Waals surface area contributed by atoms with Gasteiger partial charge < -0.3 is 15.4 Å². The van der Waals surface area contributed by atoms with E-state index in [-0.39, 0.29) is 5.91 Å². The van der Waals surface area contributed by atoms with Crippen molar-refractivity contribution in [1.82, 2.24) is 0 Å². The standard InChI is InChI=1S/C16H16N2O2S/c1-21-15-9-5-3-7-12(15)18-16(19)14-10-17-11-6-2-4-8-13(11)20-14/h2-9,14,17H,10H2,1H3,(H,18,19). The average Bonchev–Trinajstić information content (AvgIpc) is 2.55. The van der Waals surface area contributed by atoms with Crippen molar-refractivity contribution in [2.24, 2.45) is 0 Å². The number of thioether (sulfide) groups is 1. The molecule has 3 rings (SSSR count). The Morgan fingerprint density at radius 3 is 2.86 bits per heavy atom. The van der Waals surface area contributed by atoms with Crippen molar-refractivity contribution in [2.75, 3.05) is 23.4 Å². The molecule has 1 unspecified atom stereocenters. The highest BCUT2D eigenvalue weighted by Gasteiger charge is 2.26. The van der Waals surface area contributed by atoms with Crippen molar-refractivity contribution < 1.29 is 9.53 Å². The SMILES string of the molecule is CSc1ccccc1NC(=O)C1CNc2ccccc2O1. The van der Waals surface area contributed by atoms with Gasteiger partial charge in [-0.1, -0.05) is 24.3 Å². The van der Waals surface area contributed by atoms with Crippen LogP contribution in [0.4, 0.5) is 11.4 Å². The van der Waals surface area contributed by atoms with Gasteiger partial charge in [-0.05, 0) is 30.5 Å². The molecule has 1 aliphatic rings. The van der Waals surface area contributed by atoms with E-state index in [1.807, 2.05) is 54.8 Å². The van der Waals surface area contributed by atoms with Crippen molar-refractivity contribution in [3.05, 3.63) is 48.5 Å². The Balaban J connectivity index is 1.72. The summed E-state index contributed by atoms with van der Waals surface area (Å²) in [6, 6.07) is 15.4. The predicted molar refractivity (Wildman–Crippen MR) is 86.2 cm³/mol. The predicted octanol–water partition coefficient (Wildman–Crippen LogP) is 3.22. The van der Waals surface area contributed by atoms with E-state index in [2.05, 4.69) is 10.6 Å². The lowest BCUT2D eigenvalue weighted by Crippen LogP contribution is -2.41. The van der Waals surface area contributed by atoms with E-state index in [1.165, 1.54) is 0 Å². The summed E-state index contributed by atoms with van der Waals surface area (Å²) in [5, 5.41) is 6.15. The molecule has 0 radical (unpaired) electrons. The molecule has 2 aromatic rings. The molecule has 2 aromatic carbocycles. The molecule has 0 fully saturated rings. The van der Waals surface area contributed by atoms with Crippen LogP contribution in [-0.4, -0.2) is 24.8 Å². The molecule has 0 saturated carbocycles. The maximum Gasteiger partial charge on any atom is 0.267 e. The fourth-order valence-electron chi connectivity index (χ4n) is 2.22. The van der Waals surface area contributed by atoms with Gasteiger partial charge in [-0.3, -0.25) is 4.79 Å². The molecule has 0 spiro atoms. The Hall–Kier alpha value is -2.14. The van der Waals surface area contributed by atoms with Gasteiger partial charge in [0.15, 0.2) is 6.10 Å². The number of hydrogen-bond donors (Lipinski definition) is 2. The second-order valence-electron chi connectivity index (χ2n) is 4.67. The third kappa shape index (κ3) is 2.97. The molecule has 4 nitrogen and oxygen atoms in total. The summed E-state index contributed by atoms with van der Waals surface area (Å²) in [7, 11) is 0. The summed E-state index contributed by atoms with van der Waals surface area (Å²) in [4.78, 5) is 13.4. The Morgan fingerprint density at radius 1 is 1.24 bits per heavy atom. The van der Waals surface area contributed by atoms with Gasteiger partial charge in [0.1, 0.15) is 5.75 Å². The van der Waals surface area contributed by atoms with Crippen LogP contribution in [0.1, 0.15) is 0 Å². The quantitative estimate of drug-likeness (QED) is 0.855. The summed E-state index contributed by atoms with van der Waals surface area (Å²) in [6.45, 7) is 0.463. The molecule has 1 aliphatic heterocycles. The minimum absolute atomic E-state index is 0.140. The normalized spacial score (nSPS) is 16.3. The maximum atomic E-state index is 12.4. The molecule has 0 aromatic heterocycles. The van der Waals surface area contributed by atoms with Crippen molar-refractivity contribution >= 4 is 29.0 Å². The molecule has 1 amide bonds. The topological polar surface area (TPSA) is 50.4 Å². The van der Waals surface area contributed by atoms with E-state index < -0.39 is 6.10 Å². The maximum absolute atomic E-state index is 12.4. The van der Waals surface area contributed by atoms with Gasteiger partial charge >= 0.3 is 0 Å². The third-order valence-corrected chi connectivity index (χ3v) is 4.09. The molecule has 0 saturated heterocycles. The number of carbonyl (C=O) groups excluding carboxylic acids is 1. The van der Waals surface area contributed by atoms with Gasteiger partial charge in [-0.2, -0.15) is 0 Å². The van der Waals surface area contributed by atoms with Crippen molar-refractivity contribution in [1.29, 1.82) is 0 Å². The number of amides is 1. The first-order valence-corrected chi connectivity index (χ1v) is 7.94. The summed E-state index contributed by atoms with van der Waals surface area (Å²) in [5.74, 6) is 0.570. The molecule has 1 heterocycles. The highest BCUT2D eigenvalue weighted by atomic mass is 32.2. The Labute approximate surface area is 127 Å². The lowest BCUT2D eigenvalue weighted by atomic mass is 10.2. The van der Waals surface area contributed by atoms with Crippen molar-refractivity contribution in [3.8, 4) is 5.75 Å². The Morgan fingerprint density at radius 2 is 2.00 bits per heavy atom. The number of ether oxygens (including phenoxy) is 1. The molecule has 0 bridgehead atoms. The lowest BCUT2D eigenvalue weighted by molar-refractivity contribution is -0.122. The molecule has 0 aliphatic carbocycles. The number of anilines is 2. The Bertz CT molecular complexity index is 660. The minimum atomic E-state index is -0.533. The van der Waals surface area contributed by atoms with Crippen LogP contribution in [0.15, 0.2) is 53.4 Å². The first kappa shape index (κ1) is 13.8. The number of rotatable bonds is 3. The zero-order valence-electron chi connectivity index (χ0n) is 11.6. The summed E-state index contributed by atoms with van der Waals surface area (Å²) in [6.07, 6.45) is 1.45. The van der Waals surface area contributed by atoms with Crippen LogP contribution in [0.25, 0.3) is 0 Å². The van der Waals surface area contributed by atoms with Gasteiger partial charge in [0.25, 0.3) is 5.91 Å². The summed E-state index contributed by atoms with van der Waals surface area (Å²) < 4.78 is 5.76. The van der Waals surface area contributed by atoms with Gasteiger partial charge in [0.2, 0.25) is 0 Å². The Kier molecular flexibility index (Phi) is 4.01. The lowest BCUT2D eigenvalue weighted by Gasteiger charge is -2.26. The van der Waals surface area contributed by atoms with E-state index in [4.69, 9.17) is 4.74 Å². The van der Waals surface area contributed by atoms with E-state index in [0.29, 0.717) is 12.3 Å². The minimum Gasteiger partial charge on any atom is -0.477 e. The second-order valence-corrected chi connectivity index (χ2v) is 5.52. The van der Waals surface area contributed by atoms with E-state index in [9.17, 15) is 4.79 Å². The number of para-hydroxylation sites is 3. The molecule has 108 valence electrons. The highest BCUT2D eigenvalue weighted by Crippen LogP contribution is 2.29. The summed E-state index contributed by atoms with van der Waals surface area (Å²) in [5.41, 5.74) is 1.74. The smallest absolute Gasteiger partial charge is 0.267 e. The zero-order valence-corrected chi connectivity index (χ0v) is 12.4. The van der Waals surface area contributed by atoms with Crippen molar-refractivity contribution in [2.45, 2.75) is 11.0 Å². The number of fused-ring (bicyclic) bond motifs is 1. The fraction of sp³-hybridized carbons (Fsp3) is 0.188. The highest BCUT2D eigenvalue weighted by molar-refractivity contribution is 7.98. The second kappa shape index (κ2) is 6.10. The van der Waals surface area contributed by atoms with E-state index >= 15 is 0 Å². The van der Waals surface area contributed by atoms with Crippen LogP contribution in [0.2, 0.25) is 0 Å². The number of carbonyl (C=O) groups is 1. The fourth-order valence-corrected chi connectivity index (χ4v) is 2.77.